The Morgan fingerprint density at radius 2 is 2.04 bits per heavy atom. The first-order chi connectivity index (χ1) is 13.1. The third-order valence-corrected chi connectivity index (χ3v) is 4.48. The highest BCUT2D eigenvalue weighted by Crippen LogP contribution is 2.32. The number of ether oxygens (including phenoxy) is 2. The Bertz CT molecular complexity index is 574. The summed E-state index contributed by atoms with van der Waals surface area (Å²) in [6, 6.07) is -1.27. The minimum absolute atomic E-state index is 0.00150. The average Bonchev–Trinajstić information content (AvgIpc) is 2.66. The summed E-state index contributed by atoms with van der Waals surface area (Å²) in [5, 5.41) is 57.3. The van der Waals surface area contributed by atoms with Crippen molar-refractivity contribution in [3.63, 3.8) is 0 Å². The number of carboxylic acids is 1. The lowest BCUT2D eigenvalue weighted by atomic mass is 9.88. The van der Waals surface area contributed by atoms with Crippen molar-refractivity contribution in [1.82, 2.24) is 10.7 Å². The van der Waals surface area contributed by atoms with Crippen LogP contribution >= 0.6 is 0 Å². The Morgan fingerprint density at radius 3 is 2.54 bits per heavy atom. The zero-order valence-corrected chi connectivity index (χ0v) is 16.0. The highest BCUT2D eigenvalue weighted by atomic mass is 16.7. The summed E-state index contributed by atoms with van der Waals surface area (Å²) in [6.45, 7) is 0.849. The maximum absolute atomic E-state index is 12.2. The Morgan fingerprint density at radius 1 is 1.39 bits per heavy atom. The molecule has 1 heterocycles. The number of amides is 1. The van der Waals surface area contributed by atoms with E-state index in [1.807, 2.05) is 0 Å². The topological polar surface area (TPSA) is 193 Å². The van der Waals surface area contributed by atoms with Gasteiger partial charge >= 0.3 is 0 Å². The van der Waals surface area contributed by atoms with Gasteiger partial charge in [-0.1, -0.05) is 0 Å². The van der Waals surface area contributed by atoms with Gasteiger partial charge in [0, 0.05) is 32.7 Å². The molecule has 28 heavy (non-hydrogen) atoms. The average molecular weight is 406 g/mol. The Hall–Kier alpha value is -1.83. The predicted octanol–water partition coefficient (Wildman–Crippen LogP) is -4.20. The summed E-state index contributed by atoms with van der Waals surface area (Å²) in [4.78, 5) is 23.7. The van der Waals surface area contributed by atoms with Gasteiger partial charge in [-0.3, -0.25) is 4.79 Å². The molecule has 0 aromatic carbocycles. The second kappa shape index (κ2) is 10.6. The lowest BCUT2D eigenvalue weighted by Gasteiger charge is -2.48. The van der Waals surface area contributed by atoms with E-state index in [-0.39, 0.29) is 6.42 Å². The van der Waals surface area contributed by atoms with E-state index in [4.69, 9.17) is 14.6 Å². The molecule has 0 saturated carbocycles. The third kappa shape index (κ3) is 5.83. The molecule has 0 aromatic heterocycles. The Labute approximate surface area is 162 Å². The minimum Gasteiger partial charge on any atom is -0.544 e. The zero-order valence-electron chi connectivity index (χ0n) is 16.0. The highest BCUT2D eigenvalue weighted by Gasteiger charge is 2.52. The summed E-state index contributed by atoms with van der Waals surface area (Å²) in [6.07, 6.45) is -6.92. The predicted molar refractivity (Wildman–Crippen MR) is 92.7 cm³/mol. The second-order valence-corrected chi connectivity index (χ2v) is 6.50. The molecule has 1 saturated heterocycles. The van der Waals surface area contributed by atoms with Gasteiger partial charge in [-0.05, 0) is 13.3 Å². The van der Waals surface area contributed by atoms with Crippen LogP contribution in [-0.2, 0) is 19.1 Å². The fourth-order valence-corrected chi connectivity index (χ4v) is 2.90. The van der Waals surface area contributed by atoms with Crippen LogP contribution in [0.25, 0.3) is 0 Å². The molecule has 6 N–H and O–H groups in total. The molecule has 1 fully saturated rings. The number of methoxy groups -OCH3 is 1. The van der Waals surface area contributed by atoms with Crippen molar-refractivity contribution in [2.45, 2.75) is 62.4 Å². The summed E-state index contributed by atoms with van der Waals surface area (Å²) < 4.78 is 10.1. The molecule has 0 bridgehead atoms. The summed E-state index contributed by atoms with van der Waals surface area (Å²) in [7, 11) is 2.62. The molecule has 0 aromatic rings. The van der Waals surface area contributed by atoms with Crippen molar-refractivity contribution in [3.8, 4) is 0 Å². The summed E-state index contributed by atoms with van der Waals surface area (Å²) in [5.41, 5.74) is 3.24. The van der Waals surface area contributed by atoms with Crippen molar-refractivity contribution in [2.24, 2.45) is 5.10 Å². The number of rotatable bonds is 10. The number of aliphatic carboxylic acids is 1. The van der Waals surface area contributed by atoms with Crippen LogP contribution in [-0.4, -0.2) is 95.0 Å². The zero-order chi connectivity index (χ0) is 21.5. The smallest absolute Gasteiger partial charge is 0.220 e. The SMILES string of the molecule is CN/N=C(\C)CCC(=O)N[C@H]1C([C@H](O)[C@H](O)CO)O[C@@](OC)(C(=O)[O-])C[C@@H]1O. The van der Waals surface area contributed by atoms with E-state index in [1.165, 1.54) is 0 Å². The maximum atomic E-state index is 12.2. The number of hydrogen-bond acceptors (Lipinski definition) is 11. The standard InChI is InChI=1S/C16H29N3O9/c1-8(19-17-2)4-5-11(23)18-12-9(21)6-16(27-3,15(25)26)28-14(12)13(24)10(22)7-20/h9-10,12-14,17,20-22,24H,4-7H2,1-3H3,(H,18,23)(H,25,26)/p-1/b19-8+/t9-,10+,12+,13+,14?,16+/m0/s1. The van der Waals surface area contributed by atoms with Crippen LogP contribution < -0.4 is 15.8 Å². The monoisotopic (exact) mass is 406 g/mol. The van der Waals surface area contributed by atoms with Gasteiger partial charge in [0.1, 0.15) is 24.3 Å². The van der Waals surface area contributed by atoms with Crippen LogP contribution in [0.3, 0.4) is 0 Å². The largest absolute Gasteiger partial charge is 0.544 e. The quantitative estimate of drug-likeness (QED) is 0.153. The third-order valence-electron chi connectivity index (χ3n) is 4.48. The fourth-order valence-electron chi connectivity index (χ4n) is 2.90. The van der Waals surface area contributed by atoms with E-state index in [2.05, 4.69) is 15.8 Å². The molecule has 12 nitrogen and oxygen atoms in total. The number of hydrazone groups is 1. The lowest BCUT2D eigenvalue weighted by molar-refractivity contribution is -0.378. The molecule has 12 heteroatoms. The maximum Gasteiger partial charge on any atom is 0.220 e. The lowest BCUT2D eigenvalue weighted by Crippen LogP contribution is -2.69. The number of carbonyl (C=O) groups is 2. The number of nitrogens with one attached hydrogen (secondary N) is 2. The van der Waals surface area contributed by atoms with Crippen LogP contribution in [0.5, 0.6) is 0 Å². The summed E-state index contributed by atoms with van der Waals surface area (Å²) >= 11 is 0. The van der Waals surface area contributed by atoms with Gasteiger partial charge in [0.2, 0.25) is 11.7 Å². The van der Waals surface area contributed by atoms with Crippen LogP contribution in [0.4, 0.5) is 0 Å². The van der Waals surface area contributed by atoms with Crippen LogP contribution in [0.15, 0.2) is 5.10 Å². The molecule has 1 amide bonds. The van der Waals surface area contributed by atoms with Gasteiger partial charge < -0.3 is 50.5 Å². The van der Waals surface area contributed by atoms with Gasteiger partial charge in [-0.15, -0.1) is 0 Å². The van der Waals surface area contributed by atoms with Crippen LogP contribution in [0.2, 0.25) is 0 Å². The molecule has 1 unspecified atom stereocenters. The highest BCUT2D eigenvalue weighted by molar-refractivity contribution is 5.87. The molecular formula is C16H28N3O9-. The van der Waals surface area contributed by atoms with E-state index in [1.54, 1.807) is 14.0 Å². The molecule has 0 spiro atoms. The molecule has 0 radical (unpaired) electrons. The van der Waals surface area contributed by atoms with Crippen molar-refractivity contribution >= 4 is 17.6 Å². The van der Waals surface area contributed by atoms with E-state index >= 15 is 0 Å². The van der Waals surface area contributed by atoms with Gasteiger partial charge in [-0.2, -0.15) is 5.10 Å². The molecule has 6 atom stereocenters. The van der Waals surface area contributed by atoms with E-state index < -0.39 is 61.1 Å². The van der Waals surface area contributed by atoms with Crippen molar-refractivity contribution in [3.05, 3.63) is 0 Å². The van der Waals surface area contributed by atoms with Gasteiger partial charge in [0.05, 0.1) is 18.8 Å². The first-order valence-corrected chi connectivity index (χ1v) is 8.70. The molecule has 1 aliphatic rings. The Kier molecular flexibility index (Phi) is 9.20. The van der Waals surface area contributed by atoms with Crippen LogP contribution in [0.1, 0.15) is 26.2 Å². The first-order valence-electron chi connectivity index (χ1n) is 8.70. The van der Waals surface area contributed by atoms with E-state index in [0.717, 1.165) is 7.11 Å². The van der Waals surface area contributed by atoms with E-state index in [9.17, 15) is 30.0 Å². The number of aliphatic hydroxyl groups excluding tert-OH is 4. The van der Waals surface area contributed by atoms with Gasteiger partial charge in [0.15, 0.2) is 0 Å². The van der Waals surface area contributed by atoms with Crippen molar-refractivity contribution in [1.29, 1.82) is 0 Å². The number of aliphatic hydroxyl groups is 4. The molecule has 1 aliphatic heterocycles. The molecule has 1 rings (SSSR count). The molecular weight excluding hydrogens is 378 g/mol. The minimum atomic E-state index is -2.39. The number of carbonyl (C=O) groups excluding carboxylic acids is 2. The fraction of sp³-hybridized carbons (Fsp3) is 0.812. The second-order valence-electron chi connectivity index (χ2n) is 6.50. The number of carboxylic acid groups (broad SMARTS) is 1. The first kappa shape index (κ1) is 24.2. The van der Waals surface area contributed by atoms with E-state index in [0.29, 0.717) is 12.1 Å². The van der Waals surface area contributed by atoms with Crippen LogP contribution in [0, 0.1) is 0 Å². The summed E-state index contributed by atoms with van der Waals surface area (Å²) in [5.74, 6) is -4.71. The van der Waals surface area contributed by atoms with Crippen molar-refractivity contribution in [2.75, 3.05) is 20.8 Å². The molecule has 0 aliphatic carbocycles. The number of nitrogens with zero attached hydrogens (tertiary/aromatic N) is 1. The van der Waals surface area contributed by atoms with Crippen molar-refractivity contribution < 1.29 is 44.6 Å². The Balaban J connectivity index is 3.01. The molecule has 162 valence electrons. The van der Waals surface area contributed by atoms with Gasteiger partial charge in [0.25, 0.3) is 0 Å². The van der Waals surface area contributed by atoms with Gasteiger partial charge in [-0.25, -0.2) is 0 Å². The number of hydrogen-bond donors (Lipinski definition) is 6. The normalized spacial score (nSPS) is 30.4.